The Hall–Kier alpha value is -3.16. The van der Waals surface area contributed by atoms with Crippen molar-refractivity contribution >= 4 is 23.6 Å². The van der Waals surface area contributed by atoms with E-state index < -0.39 is 6.04 Å². The summed E-state index contributed by atoms with van der Waals surface area (Å²) in [5.74, 6) is -0.857. The minimum atomic E-state index is -0.652. The average Bonchev–Trinajstić information content (AvgIpc) is 3.07. The van der Waals surface area contributed by atoms with Gasteiger partial charge in [-0.15, -0.1) is 0 Å². The number of ether oxygens (including phenoxy) is 1. The summed E-state index contributed by atoms with van der Waals surface area (Å²) >= 11 is 0. The van der Waals surface area contributed by atoms with E-state index in [0.717, 1.165) is 5.56 Å². The van der Waals surface area contributed by atoms with Gasteiger partial charge < -0.3 is 15.0 Å². The molecule has 0 spiro atoms. The SMILES string of the molecule is CCNC(=O)C(CC)N(Cc1cccc(OC)c1)C(=O)CCN1C(=O)[C@H]2CC=CC[C@H]2C1=O. The minimum Gasteiger partial charge on any atom is -0.497 e. The zero-order valence-electron chi connectivity index (χ0n) is 19.6. The Kier molecular flexibility index (Phi) is 8.25. The third-order valence-corrected chi connectivity index (χ3v) is 6.37. The molecule has 3 rings (SSSR count). The highest BCUT2D eigenvalue weighted by Gasteiger charge is 2.47. The third-order valence-electron chi connectivity index (χ3n) is 6.37. The number of likely N-dealkylation sites (N-methyl/N-ethyl adjacent to an activating group) is 1. The maximum Gasteiger partial charge on any atom is 0.242 e. The summed E-state index contributed by atoms with van der Waals surface area (Å²) in [5, 5.41) is 2.80. The van der Waals surface area contributed by atoms with E-state index in [1.807, 2.05) is 50.3 Å². The Labute approximate surface area is 194 Å². The Balaban J connectivity index is 1.76. The molecule has 2 aliphatic rings. The molecule has 0 saturated carbocycles. The van der Waals surface area contributed by atoms with E-state index in [4.69, 9.17) is 4.74 Å². The van der Waals surface area contributed by atoms with Gasteiger partial charge in [-0.2, -0.15) is 0 Å². The molecule has 1 unspecified atom stereocenters. The molecule has 1 aliphatic heterocycles. The fraction of sp³-hybridized carbons (Fsp3) is 0.520. The molecule has 4 amide bonds. The van der Waals surface area contributed by atoms with Gasteiger partial charge in [-0.3, -0.25) is 24.1 Å². The fourth-order valence-electron chi connectivity index (χ4n) is 4.62. The summed E-state index contributed by atoms with van der Waals surface area (Å²) in [6.07, 6.45) is 5.43. The number of methoxy groups -OCH3 is 1. The third kappa shape index (κ3) is 5.43. The zero-order chi connectivity index (χ0) is 24.0. The van der Waals surface area contributed by atoms with Crippen molar-refractivity contribution in [1.29, 1.82) is 0 Å². The molecular weight excluding hydrogens is 422 g/mol. The molecule has 1 saturated heterocycles. The average molecular weight is 456 g/mol. The zero-order valence-corrected chi connectivity index (χ0v) is 19.6. The number of hydrogen-bond donors (Lipinski definition) is 1. The second-order valence-corrected chi connectivity index (χ2v) is 8.43. The van der Waals surface area contributed by atoms with E-state index in [9.17, 15) is 19.2 Å². The van der Waals surface area contributed by atoms with Crippen LogP contribution < -0.4 is 10.1 Å². The maximum atomic E-state index is 13.3. The number of allylic oxidation sites excluding steroid dienone is 2. The summed E-state index contributed by atoms with van der Waals surface area (Å²) in [6, 6.07) is 6.70. The molecule has 8 heteroatoms. The van der Waals surface area contributed by atoms with Crippen molar-refractivity contribution in [3.63, 3.8) is 0 Å². The summed E-state index contributed by atoms with van der Waals surface area (Å²) in [4.78, 5) is 54.3. The molecule has 0 radical (unpaired) electrons. The molecule has 0 aromatic heterocycles. The van der Waals surface area contributed by atoms with Crippen molar-refractivity contribution in [3.8, 4) is 5.75 Å². The van der Waals surface area contributed by atoms with Crippen LogP contribution in [0.25, 0.3) is 0 Å². The summed E-state index contributed by atoms with van der Waals surface area (Å²) in [7, 11) is 1.57. The number of nitrogens with zero attached hydrogens (tertiary/aromatic N) is 2. The molecule has 1 aliphatic carbocycles. The molecule has 1 aromatic rings. The lowest BCUT2D eigenvalue weighted by Gasteiger charge is -2.31. The Morgan fingerprint density at radius 1 is 1.15 bits per heavy atom. The fourth-order valence-corrected chi connectivity index (χ4v) is 4.62. The standard InChI is InChI=1S/C25H33N3O5/c1-4-21(23(30)26-5-2)28(16-17-9-8-10-18(15-17)33-3)22(29)13-14-27-24(31)19-11-6-7-12-20(19)25(27)32/h6-10,15,19-21H,4-5,11-14,16H2,1-3H3,(H,26,30)/t19-,20+,21?. The van der Waals surface area contributed by atoms with E-state index in [0.29, 0.717) is 31.6 Å². The van der Waals surface area contributed by atoms with Gasteiger partial charge >= 0.3 is 0 Å². The molecule has 1 heterocycles. The first kappa shape index (κ1) is 24.5. The van der Waals surface area contributed by atoms with Gasteiger partial charge in [0, 0.05) is 26.1 Å². The topological polar surface area (TPSA) is 96.0 Å². The second kappa shape index (κ2) is 11.1. The first-order valence-electron chi connectivity index (χ1n) is 11.6. The van der Waals surface area contributed by atoms with Gasteiger partial charge in [0.15, 0.2) is 0 Å². The largest absolute Gasteiger partial charge is 0.497 e. The predicted molar refractivity (Wildman–Crippen MR) is 123 cm³/mol. The van der Waals surface area contributed by atoms with Crippen LogP contribution in [0.5, 0.6) is 5.75 Å². The van der Waals surface area contributed by atoms with Gasteiger partial charge in [-0.25, -0.2) is 0 Å². The Morgan fingerprint density at radius 3 is 2.39 bits per heavy atom. The molecule has 178 valence electrons. The molecule has 1 aromatic carbocycles. The van der Waals surface area contributed by atoms with Crippen LogP contribution in [0.1, 0.15) is 45.1 Å². The quantitative estimate of drug-likeness (QED) is 0.431. The smallest absolute Gasteiger partial charge is 0.242 e. The number of benzene rings is 1. The molecule has 3 atom stereocenters. The summed E-state index contributed by atoms with van der Waals surface area (Å²) in [6.45, 7) is 4.41. The molecule has 33 heavy (non-hydrogen) atoms. The number of hydrogen-bond acceptors (Lipinski definition) is 5. The lowest BCUT2D eigenvalue weighted by molar-refractivity contribution is -0.144. The van der Waals surface area contributed by atoms with Crippen LogP contribution >= 0.6 is 0 Å². The van der Waals surface area contributed by atoms with E-state index in [1.165, 1.54) is 4.90 Å². The molecule has 1 N–H and O–H groups in total. The van der Waals surface area contributed by atoms with Gasteiger partial charge in [0.1, 0.15) is 11.8 Å². The number of amides is 4. The number of imide groups is 1. The van der Waals surface area contributed by atoms with Crippen molar-refractivity contribution in [2.45, 2.75) is 52.1 Å². The van der Waals surface area contributed by atoms with Gasteiger partial charge in [0.05, 0.1) is 18.9 Å². The lowest BCUT2D eigenvalue weighted by Crippen LogP contribution is -2.49. The van der Waals surface area contributed by atoms with Crippen LogP contribution in [-0.2, 0) is 25.7 Å². The second-order valence-electron chi connectivity index (χ2n) is 8.43. The van der Waals surface area contributed by atoms with Crippen LogP contribution in [0, 0.1) is 11.8 Å². The Morgan fingerprint density at radius 2 is 1.82 bits per heavy atom. The number of fused-ring (bicyclic) bond motifs is 1. The lowest BCUT2D eigenvalue weighted by atomic mass is 9.85. The van der Waals surface area contributed by atoms with Gasteiger partial charge in [0.25, 0.3) is 0 Å². The van der Waals surface area contributed by atoms with Crippen molar-refractivity contribution in [1.82, 2.24) is 15.1 Å². The number of nitrogens with one attached hydrogen (secondary N) is 1. The monoisotopic (exact) mass is 455 g/mol. The van der Waals surface area contributed by atoms with E-state index in [1.54, 1.807) is 12.0 Å². The van der Waals surface area contributed by atoms with E-state index in [2.05, 4.69) is 5.32 Å². The van der Waals surface area contributed by atoms with Crippen molar-refractivity contribution in [2.24, 2.45) is 11.8 Å². The van der Waals surface area contributed by atoms with Crippen LogP contribution in [0.4, 0.5) is 0 Å². The van der Waals surface area contributed by atoms with Crippen molar-refractivity contribution in [2.75, 3.05) is 20.2 Å². The highest BCUT2D eigenvalue weighted by molar-refractivity contribution is 6.05. The van der Waals surface area contributed by atoms with Crippen molar-refractivity contribution < 1.29 is 23.9 Å². The van der Waals surface area contributed by atoms with Crippen molar-refractivity contribution in [3.05, 3.63) is 42.0 Å². The predicted octanol–water partition coefficient (Wildman–Crippen LogP) is 2.28. The maximum absolute atomic E-state index is 13.3. The van der Waals surface area contributed by atoms with Crippen LogP contribution in [-0.4, -0.2) is 59.7 Å². The number of rotatable bonds is 10. The minimum absolute atomic E-state index is 0.0236. The van der Waals surface area contributed by atoms with Gasteiger partial charge in [0.2, 0.25) is 23.6 Å². The Bertz CT molecular complexity index is 902. The normalized spacial score (nSPS) is 20.4. The highest BCUT2D eigenvalue weighted by atomic mass is 16.5. The van der Waals surface area contributed by atoms with E-state index in [-0.39, 0.29) is 55.0 Å². The van der Waals surface area contributed by atoms with E-state index >= 15 is 0 Å². The first-order valence-corrected chi connectivity index (χ1v) is 11.6. The van der Waals surface area contributed by atoms with Gasteiger partial charge in [-0.05, 0) is 43.9 Å². The highest BCUT2D eigenvalue weighted by Crippen LogP contribution is 2.35. The summed E-state index contributed by atoms with van der Waals surface area (Å²) < 4.78 is 5.29. The molecule has 1 fully saturated rings. The van der Waals surface area contributed by atoms with Crippen LogP contribution in [0.2, 0.25) is 0 Å². The van der Waals surface area contributed by atoms with Gasteiger partial charge in [-0.1, -0.05) is 31.2 Å². The van der Waals surface area contributed by atoms with Crippen LogP contribution in [0.15, 0.2) is 36.4 Å². The number of carbonyl (C=O) groups is 4. The molecular formula is C25H33N3O5. The first-order chi connectivity index (χ1) is 15.9. The van der Waals surface area contributed by atoms with Crippen LogP contribution in [0.3, 0.4) is 0 Å². The summed E-state index contributed by atoms with van der Waals surface area (Å²) in [5.41, 5.74) is 0.830. The number of likely N-dealkylation sites (tertiary alicyclic amines) is 1. The molecule has 0 bridgehead atoms. The number of carbonyl (C=O) groups excluding carboxylic acids is 4. The molecule has 8 nitrogen and oxygen atoms in total.